The number of hydrogen-bond acceptors (Lipinski definition) is 4. The molecule has 0 aliphatic carbocycles. The maximum Gasteiger partial charge on any atom is 0.266 e. The van der Waals surface area contributed by atoms with E-state index in [1.54, 1.807) is 13.2 Å². The Hall–Kier alpha value is -2.34. The van der Waals surface area contributed by atoms with Gasteiger partial charge < -0.3 is 10.1 Å². The second kappa shape index (κ2) is 4.74. The number of aromatic nitrogens is 2. The molecule has 0 radical (unpaired) electrons. The molecule has 0 saturated carbocycles. The Kier molecular flexibility index (Phi) is 2.92. The van der Waals surface area contributed by atoms with Crippen molar-refractivity contribution in [1.82, 2.24) is 10.2 Å². The zero-order valence-corrected chi connectivity index (χ0v) is 11.0. The molecule has 1 amide bonds. The van der Waals surface area contributed by atoms with Crippen LogP contribution in [-0.4, -0.2) is 23.2 Å². The molecule has 0 bridgehead atoms. The van der Waals surface area contributed by atoms with Gasteiger partial charge in [0.05, 0.1) is 17.5 Å². The smallest absolute Gasteiger partial charge is 0.266 e. The maximum atomic E-state index is 12.0. The lowest BCUT2D eigenvalue weighted by molar-refractivity contribution is 0.103. The van der Waals surface area contributed by atoms with Gasteiger partial charge in [-0.3, -0.25) is 9.89 Å². The van der Waals surface area contributed by atoms with E-state index in [2.05, 4.69) is 15.5 Å². The van der Waals surface area contributed by atoms with Gasteiger partial charge in [-0.25, -0.2) is 0 Å². The molecule has 0 saturated heterocycles. The number of amides is 1. The molecule has 2 aromatic heterocycles. The summed E-state index contributed by atoms with van der Waals surface area (Å²) in [6.45, 7) is 0. The van der Waals surface area contributed by atoms with Crippen LogP contribution in [0, 0.1) is 0 Å². The fourth-order valence-electron chi connectivity index (χ4n) is 1.80. The van der Waals surface area contributed by atoms with Gasteiger partial charge >= 0.3 is 0 Å². The first-order valence-corrected chi connectivity index (χ1v) is 6.53. The van der Waals surface area contributed by atoms with E-state index < -0.39 is 0 Å². The van der Waals surface area contributed by atoms with Crippen LogP contribution < -0.4 is 10.1 Å². The number of thiophene rings is 1. The minimum Gasteiger partial charge on any atom is -0.497 e. The van der Waals surface area contributed by atoms with Gasteiger partial charge in [-0.2, -0.15) is 5.10 Å². The number of anilines is 1. The van der Waals surface area contributed by atoms with Crippen molar-refractivity contribution in [1.29, 1.82) is 0 Å². The summed E-state index contributed by atoms with van der Waals surface area (Å²) in [6.07, 6.45) is 0. The number of methoxy groups -OCH3 is 1. The first-order chi connectivity index (χ1) is 9.28. The van der Waals surface area contributed by atoms with Crippen LogP contribution in [0.15, 0.2) is 35.7 Å². The maximum absolute atomic E-state index is 12.0. The molecule has 2 N–H and O–H groups in total. The van der Waals surface area contributed by atoms with Gasteiger partial charge in [0.1, 0.15) is 5.75 Å². The van der Waals surface area contributed by atoms with E-state index in [0.29, 0.717) is 10.7 Å². The van der Waals surface area contributed by atoms with Crippen molar-refractivity contribution in [3.05, 3.63) is 40.6 Å². The average Bonchev–Trinajstić information content (AvgIpc) is 3.08. The Bertz CT molecular complexity index is 719. The Morgan fingerprint density at radius 2 is 2.32 bits per heavy atom. The van der Waals surface area contributed by atoms with Crippen LogP contribution in [0.5, 0.6) is 5.75 Å². The number of nitrogens with one attached hydrogen (secondary N) is 2. The molecule has 2 heterocycles. The van der Waals surface area contributed by atoms with E-state index in [1.165, 1.54) is 11.3 Å². The number of ether oxygens (including phenoxy) is 1. The summed E-state index contributed by atoms with van der Waals surface area (Å²) in [5.74, 6) is 1.11. The summed E-state index contributed by atoms with van der Waals surface area (Å²) >= 11 is 1.39. The predicted octanol–water partition coefficient (Wildman–Crippen LogP) is 2.89. The second-order valence-electron chi connectivity index (χ2n) is 3.92. The lowest BCUT2D eigenvalue weighted by Gasteiger charge is -2.01. The Morgan fingerprint density at radius 1 is 1.42 bits per heavy atom. The monoisotopic (exact) mass is 273 g/mol. The number of nitrogens with zero attached hydrogens (tertiary/aromatic N) is 1. The summed E-state index contributed by atoms with van der Waals surface area (Å²) in [5, 5.41) is 12.5. The topological polar surface area (TPSA) is 67.0 Å². The third-order valence-electron chi connectivity index (χ3n) is 2.75. The SMILES string of the molecule is COc1ccc2c(NC(=O)c3cccs3)n[nH]c2c1. The number of hydrogen-bond donors (Lipinski definition) is 2. The number of aromatic amines is 1. The van der Waals surface area contributed by atoms with E-state index in [9.17, 15) is 4.79 Å². The number of rotatable bonds is 3. The number of benzene rings is 1. The van der Waals surface area contributed by atoms with Gasteiger partial charge in [0.25, 0.3) is 5.91 Å². The van der Waals surface area contributed by atoms with Crippen molar-refractivity contribution in [2.75, 3.05) is 12.4 Å². The first kappa shape index (κ1) is 11.7. The van der Waals surface area contributed by atoms with Gasteiger partial charge in [0.2, 0.25) is 0 Å². The highest BCUT2D eigenvalue weighted by atomic mass is 32.1. The van der Waals surface area contributed by atoms with E-state index in [0.717, 1.165) is 16.7 Å². The van der Waals surface area contributed by atoms with Gasteiger partial charge in [-0.1, -0.05) is 6.07 Å². The van der Waals surface area contributed by atoms with Crippen molar-refractivity contribution < 1.29 is 9.53 Å². The average molecular weight is 273 g/mol. The summed E-state index contributed by atoms with van der Waals surface area (Å²) in [7, 11) is 1.61. The first-order valence-electron chi connectivity index (χ1n) is 5.65. The largest absolute Gasteiger partial charge is 0.497 e. The van der Waals surface area contributed by atoms with Crippen molar-refractivity contribution in [2.45, 2.75) is 0 Å². The number of fused-ring (bicyclic) bond motifs is 1. The number of carbonyl (C=O) groups excluding carboxylic acids is 1. The molecule has 0 aliphatic rings. The zero-order chi connectivity index (χ0) is 13.2. The molecule has 96 valence electrons. The van der Waals surface area contributed by atoms with Crippen LogP contribution >= 0.6 is 11.3 Å². The summed E-state index contributed by atoms with van der Waals surface area (Å²) < 4.78 is 5.14. The van der Waals surface area contributed by atoms with E-state index in [1.807, 2.05) is 29.6 Å². The van der Waals surface area contributed by atoms with Crippen LogP contribution in [0.3, 0.4) is 0 Å². The summed E-state index contributed by atoms with van der Waals surface area (Å²) in [5.41, 5.74) is 0.820. The molecule has 3 aromatic rings. The van der Waals surface area contributed by atoms with Gasteiger partial charge in [0.15, 0.2) is 5.82 Å². The van der Waals surface area contributed by atoms with Gasteiger partial charge in [-0.15, -0.1) is 11.3 Å². The van der Waals surface area contributed by atoms with Crippen LogP contribution in [0.4, 0.5) is 5.82 Å². The normalized spacial score (nSPS) is 10.6. The Labute approximate surface area is 113 Å². The van der Waals surface area contributed by atoms with Crippen LogP contribution in [0.2, 0.25) is 0 Å². The van der Waals surface area contributed by atoms with Gasteiger partial charge in [-0.05, 0) is 23.6 Å². The molecular formula is C13H11N3O2S. The third kappa shape index (κ3) is 2.17. The Morgan fingerprint density at radius 3 is 3.05 bits per heavy atom. The van der Waals surface area contributed by atoms with Gasteiger partial charge in [0, 0.05) is 11.5 Å². The number of carbonyl (C=O) groups is 1. The van der Waals surface area contributed by atoms with Crippen LogP contribution in [0.25, 0.3) is 10.9 Å². The van der Waals surface area contributed by atoms with E-state index >= 15 is 0 Å². The molecular weight excluding hydrogens is 262 g/mol. The summed E-state index contributed by atoms with van der Waals surface area (Å²) in [6, 6.07) is 9.15. The highest BCUT2D eigenvalue weighted by Gasteiger charge is 2.12. The highest BCUT2D eigenvalue weighted by molar-refractivity contribution is 7.12. The van der Waals surface area contributed by atoms with Crippen molar-refractivity contribution in [2.24, 2.45) is 0 Å². The molecule has 19 heavy (non-hydrogen) atoms. The molecule has 1 aromatic carbocycles. The number of H-pyrrole nitrogens is 1. The lowest BCUT2D eigenvalue weighted by atomic mass is 10.2. The zero-order valence-electron chi connectivity index (χ0n) is 10.1. The Balaban J connectivity index is 1.91. The fourth-order valence-corrected chi connectivity index (χ4v) is 2.42. The van der Waals surface area contributed by atoms with Crippen LogP contribution in [0.1, 0.15) is 9.67 Å². The van der Waals surface area contributed by atoms with Crippen molar-refractivity contribution in [3.63, 3.8) is 0 Å². The molecule has 6 heteroatoms. The minimum absolute atomic E-state index is 0.154. The van der Waals surface area contributed by atoms with Crippen molar-refractivity contribution in [3.8, 4) is 5.75 Å². The quantitative estimate of drug-likeness (QED) is 0.771. The lowest BCUT2D eigenvalue weighted by Crippen LogP contribution is -2.10. The van der Waals surface area contributed by atoms with E-state index in [4.69, 9.17) is 4.74 Å². The van der Waals surface area contributed by atoms with Crippen LogP contribution in [-0.2, 0) is 0 Å². The third-order valence-corrected chi connectivity index (χ3v) is 3.62. The molecule has 0 fully saturated rings. The summed E-state index contributed by atoms with van der Waals surface area (Å²) in [4.78, 5) is 12.6. The molecule has 0 spiro atoms. The predicted molar refractivity (Wildman–Crippen MR) is 74.9 cm³/mol. The minimum atomic E-state index is -0.154. The molecule has 0 aliphatic heterocycles. The molecule has 3 rings (SSSR count). The standard InChI is InChI=1S/C13H11N3O2S/c1-18-8-4-5-9-10(7-8)15-16-12(9)14-13(17)11-3-2-6-19-11/h2-7H,1H3,(H2,14,15,16,17). The fraction of sp³-hybridized carbons (Fsp3) is 0.0769. The molecule has 5 nitrogen and oxygen atoms in total. The molecule has 0 atom stereocenters. The second-order valence-corrected chi connectivity index (χ2v) is 4.86. The highest BCUT2D eigenvalue weighted by Crippen LogP contribution is 2.25. The van der Waals surface area contributed by atoms with E-state index in [-0.39, 0.29) is 5.91 Å². The van der Waals surface area contributed by atoms with Crippen molar-refractivity contribution >= 4 is 34.0 Å². The molecule has 0 unspecified atom stereocenters.